The van der Waals surface area contributed by atoms with E-state index >= 15 is 0 Å². The molecule has 1 rings (SSSR count). The molecule has 3 nitrogen and oxygen atoms in total. The molecule has 21 heavy (non-hydrogen) atoms. The van der Waals surface area contributed by atoms with Crippen LogP contribution in [0.15, 0.2) is 63.9 Å². The maximum absolute atomic E-state index is 4.40. The molecule has 0 aromatic heterocycles. The van der Waals surface area contributed by atoms with Gasteiger partial charge in [-0.1, -0.05) is 17.7 Å². The van der Waals surface area contributed by atoms with Crippen LogP contribution in [-0.2, 0) is 0 Å². The fraction of sp³-hybridized carbons (Fsp3) is 0.222. The average Bonchev–Trinajstić information content (AvgIpc) is 2.45. The molecule has 0 aliphatic rings. The van der Waals surface area contributed by atoms with E-state index in [0.717, 1.165) is 22.8 Å². The van der Waals surface area contributed by atoms with Crippen molar-refractivity contribution in [1.82, 2.24) is 0 Å². The first kappa shape index (κ1) is 16.6. The first-order valence-electron chi connectivity index (χ1n) is 6.91. The SMILES string of the molecule is C=N/C(=C\C=C(C)C)Nc1ccc(/N=C\C=C/C)c(C)c1. The number of benzene rings is 1. The smallest absolute Gasteiger partial charge is 0.129 e. The summed E-state index contributed by atoms with van der Waals surface area (Å²) >= 11 is 0. The standard InChI is InChI=1S/C18H23N3/c1-6-7-12-20-17-10-9-16(13-15(17)4)21-18(19-5)11-8-14(2)3/h6-13,21H,5H2,1-4H3/b7-6-,18-11+,20-12-. The van der Waals surface area contributed by atoms with Crippen molar-refractivity contribution in [3.8, 4) is 0 Å². The molecule has 1 aromatic carbocycles. The lowest BCUT2D eigenvalue weighted by molar-refractivity contribution is 1.29. The third kappa shape index (κ3) is 6.04. The van der Waals surface area contributed by atoms with E-state index in [1.807, 2.05) is 70.2 Å². The zero-order chi connectivity index (χ0) is 15.7. The number of allylic oxidation sites excluding steroid dienone is 5. The largest absolute Gasteiger partial charge is 0.340 e. The minimum atomic E-state index is 0.723. The van der Waals surface area contributed by atoms with E-state index in [2.05, 4.69) is 22.0 Å². The van der Waals surface area contributed by atoms with Gasteiger partial charge in [0.25, 0.3) is 0 Å². The van der Waals surface area contributed by atoms with Crippen LogP contribution in [-0.4, -0.2) is 12.9 Å². The van der Waals surface area contributed by atoms with Crippen molar-refractivity contribution in [3.05, 3.63) is 59.5 Å². The molecule has 0 spiro atoms. The van der Waals surface area contributed by atoms with Crippen molar-refractivity contribution in [3.63, 3.8) is 0 Å². The van der Waals surface area contributed by atoms with Gasteiger partial charge < -0.3 is 5.32 Å². The first-order valence-corrected chi connectivity index (χ1v) is 6.91. The highest BCUT2D eigenvalue weighted by Crippen LogP contribution is 2.23. The van der Waals surface area contributed by atoms with Crippen molar-refractivity contribution in [2.75, 3.05) is 5.32 Å². The highest BCUT2D eigenvalue weighted by Gasteiger charge is 1.99. The molecule has 0 unspecified atom stereocenters. The Morgan fingerprint density at radius 3 is 2.57 bits per heavy atom. The van der Waals surface area contributed by atoms with Gasteiger partial charge in [0, 0.05) is 11.9 Å². The van der Waals surface area contributed by atoms with Crippen molar-refractivity contribution in [1.29, 1.82) is 0 Å². The zero-order valence-electron chi connectivity index (χ0n) is 13.2. The molecule has 1 N–H and O–H groups in total. The molecule has 0 atom stereocenters. The van der Waals surface area contributed by atoms with Gasteiger partial charge in [0.1, 0.15) is 5.82 Å². The van der Waals surface area contributed by atoms with Crippen LogP contribution in [0.1, 0.15) is 26.3 Å². The molecule has 0 saturated carbocycles. The molecule has 0 aliphatic carbocycles. The van der Waals surface area contributed by atoms with Crippen molar-refractivity contribution in [2.45, 2.75) is 27.7 Å². The van der Waals surface area contributed by atoms with Crippen LogP contribution in [0, 0.1) is 6.92 Å². The van der Waals surface area contributed by atoms with Crippen LogP contribution in [0.2, 0.25) is 0 Å². The summed E-state index contributed by atoms with van der Waals surface area (Å²) in [5.74, 6) is 0.723. The van der Waals surface area contributed by atoms with Crippen LogP contribution >= 0.6 is 0 Å². The topological polar surface area (TPSA) is 36.8 Å². The Hall–Kier alpha value is -2.42. The summed E-state index contributed by atoms with van der Waals surface area (Å²) < 4.78 is 0. The van der Waals surface area contributed by atoms with E-state index < -0.39 is 0 Å². The fourth-order valence-corrected chi connectivity index (χ4v) is 1.61. The van der Waals surface area contributed by atoms with E-state index in [4.69, 9.17) is 0 Å². The predicted molar refractivity (Wildman–Crippen MR) is 94.8 cm³/mol. The van der Waals surface area contributed by atoms with Crippen LogP contribution in [0.3, 0.4) is 0 Å². The summed E-state index contributed by atoms with van der Waals surface area (Å²) in [5.41, 5.74) is 4.24. The minimum absolute atomic E-state index is 0.723. The summed E-state index contributed by atoms with van der Waals surface area (Å²) in [6.45, 7) is 11.7. The number of rotatable bonds is 6. The van der Waals surface area contributed by atoms with Crippen LogP contribution in [0.5, 0.6) is 0 Å². The summed E-state index contributed by atoms with van der Waals surface area (Å²) in [7, 11) is 0. The van der Waals surface area contributed by atoms with E-state index in [-0.39, 0.29) is 0 Å². The minimum Gasteiger partial charge on any atom is -0.340 e. The molecule has 0 bridgehead atoms. The van der Waals surface area contributed by atoms with Gasteiger partial charge in [-0.3, -0.25) is 4.99 Å². The number of hydrogen-bond donors (Lipinski definition) is 1. The van der Waals surface area contributed by atoms with Gasteiger partial charge in [-0.2, -0.15) is 0 Å². The van der Waals surface area contributed by atoms with E-state index in [1.165, 1.54) is 5.57 Å². The lowest BCUT2D eigenvalue weighted by Gasteiger charge is -2.08. The molecule has 110 valence electrons. The highest BCUT2D eigenvalue weighted by atomic mass is 15.0. The van der Waals surface area contributed by atoms with Gasteiger partial charge in [-0.05, 0) is 70.3 Å². The molecule has 0 amide bonds. The van der Waals surface area contributed by atoms with Gasteiger partial charge in [0.05, 0.1) is 5.69 Å². The van der Waals surface area contributed by atoms with Crippen LogP contribution < -0.4 is 5.32 Å². The lowest BCUT2D eigenvalue weighted by Crippen LogP contribution is -1.96. The molecule has 0 aliphatic heterocycles. The van der Waals surface area contributed by atoms with Crippen molar-refractivity contribution >= 4 is 24.3 Å². The molecule has 1 aromatic rings. The average molecular weight is 281 g/mol. The summed E-state index contributed by atoms with van der Waals surface area (Å²) in [4.78, 5) is 8.38. The van der Waals surface area contributed by atoms with E-state index in [0.29, 0.717) is 0 Å². The summed E-state index contributed by atoms with van der Waals surface area (Å²) in [6, 6.07) is 6.01. The summed E-state index contributed by atoms with van der Waals surface area (Å²) in [5, 5.41) is 3.24. The molecular formula is C18H23N3. The number of nitrogens with one attached hydrogen (secondary N) is 1. The fourth-order valence-electron chi connectivity index (χ4n) is 1.61. The molecule has 0 heterocycles. The second kappa shape index (κ2) is 8.69. The monoisotopic (exact) mass is 281 g/mol. The maximum Gasteiger partial charge on any atom is 0.129 e. The van der Waals surface area contributed by atoms with Gasteiger partial charge >= 0.3 is 0 Å². The van der Waals surface area contributed by atoms with E-state index in [9.17, 15) is 0 Å². The van der Waals surface area contributed by atoms with Gasteiger partial charge in [0.15, 0.2) is 0 Å². The van der Waals surface area contributed by atoms with Crippen LogP contribution in [0.25, 0.3) is 0 Å². The molecule has 0 fully saturated rings. The maximum atomic E-state index is 4.40. The number of aliphatic imine (C=N–C) groups is 2. The zero-order valence-corrected chi connectivity index (χ0v) is 13.2. The second-order valence-corrected chi connectivity index (χ2v) is 4.88. The predicted octanol–water partition coefficient (Wildman–Crippen LogP) is 5.19. The number of hydrogen-bond acceptors (Lipinski definition) is 3. The molecule has 3 heteroatoms. The Kier molecular flexibility index (Phi) is 6.88. The summed E-state index contributed by atoms with van der Waals surface area (Å²) in [6.07, 6.45) is 9.56. The highest BCUT2D eigenvalue weighted by molar-refractivity contribution is 5.75. The Labute approximate surface area is 127 Å². The Morgan fingerprint density at radius 2 is 2.00 bits per heavy atom. The van der Waals surface area contributed by atoms with E-state index in [1.54, 1.807) is 6.21 Å². The van der Waals surface area contributed by atoms with Gasteiger partial charge in [-0.25, -0.2) is 4.99 Å². The van der Waals surface area contributed by atoms with Gasteiger partial charge in [-0.15, -0.1) is 0 Å². The number of anilines is 1. The normalized spacial score (nSPS) is 11.9. The first-order chi connectivity index (χ1) is 10.1. The number of nitrogens with zero attached hydrogens (tertiary/aromatic N) is 2. The van der Waals surface area contributed by atoms with Crippen molar-refractivity contribution in [2.24, 2.45) is 9.98 Å². The Balaban J connectivity index is 2.91. The third-order valence-electron chi connectivity index (χ3n) is 2.71. The second-order valence-electron chi connectivity index (χ2n) is 4.88. The molecule has 0 radical (unpaired) electrons. The van der Waals surface area contributed by atoms with Crippen LogP contribution in [0.4, 0.5) is 11.4 Å². The molecule has 0 saturated heterocycles. The third-order valence-corrected chi connectivity index (χ3v) is 2.71. The molecular weight excluding hydrogens is 258 g/mol. The van der Waals surface area contributed by atoms with Gasteiger partial charge in [0.2, 0.25) is 0 Å². The lowest BCUT2D eigenvalue weighted by atomic mass is 10.2. The Bertz CT molecular complexity index is 601. The number of aryl methyl sites for hydroxylation is 1. The Morgan fingerprint density at radius 1 is 1.24 bits per heavy atom. The van der Waals surface area contributed by atoms with Crippen molar-refractivity contribution < 1.29 is 0 Å². The quantitative estimate of drug-likeness (QED) is 0.565.